The molecule has 6 heteroatoms. The number of halogens is 1. The Labute approximate surface area is 159 Å². The van der Waals surface area contributed by atoms with E-state index in [0.29, 0.717) is 0 Å². The average Bonchev–Trinajstić information content (AvgIpc) is 3.17. The summed E-state index contributed by atoms with van der Waals surface area (Å²) in [7, 11) is 2.00. The number of aromatic nitrogens is 3. The fourth-order valence-electron chi connectivity index (χ4n) is 2.70. The smallest absolute Gasteiger partial charge is 0.191 e. The molecule has 2 aromatic heterocycles. The molecular weight excluding hydrogens is 370 g/mol. The lowest BCUT2D eigenvalue weighted by molar-refractivity contribution is 0.794. The Morgan fingerprint density at radius 1 is 1.04 bits per heavy atom. The van der Waals surface area contributed by atoms with E-state index in [0.717, 1.165) is 38.4 Å². The molecule has 2 aromatic carbocycles. The van der Waals surface area contributed by atoms with E-state index in [1.54, 1.807) is 23.1 Å². The predicted molar refractivity (Wildman–Crippen MR) is 108 cm³/mol. The van der Waals surface area contributed by atoms with Crippen molar-refractivity contribution in [1.29, 1.82) is 0 Å². The van der Waals surface area contributed by atoms with Crippen LogP contribution < -0.4 is 0 Å². The molecule has 0 atom stereocenters. The minimum Gasteiger partial charge on any atom is -0.304 e. The van der Waals surface area contributed by atoms with E-state index in [-0.39, 0.29) is 0 Å². The second-order valence-electron chi connectivity index (χ2n) is 5.69. The van der Waals surface area contributed by atoms with E-state index >= 15 is 0 Å². The molecule has 0 aliphatic rings. The molecule has 4 rings (SSSR count). The number of thioether (sulfide) groups is 1. The van der Waals surface area contributed by atoms with E-state index in [1.807, 2.05) is 35.9 Å². The Balaban J connectivity index is 1.55. The molecular formula is C19H16ClN3S2. The molecule has 4 aromatic rings. The van der Waals surface area contributed by atoms with Crippen molar-refractivity contribution in [3.8, 4) is 10.7 Å². The van der Waals surface area contributed by atoms with Gasteiger partial charge in [-0.25, -0.2) is 0 Å². The zero-order valence-electron chi connectivity index (χ0n) is 13.6. The highest BCUT2D eigenvalue weighted by molar-refractivity contribution is 7.99. The first-order chi connectivity index (χ1) is 12.2. The Bertz CT molecular complexity index is 1010. The van der Waals surface area contributed by atoms with Crippen LogP contribution in [0.2, 0.25) is 5.02 Å². The van der Waals surface area contributed by atoms with Crippen molar-refractivity contribution in [3.05, 3.63) is 65.2 Å². The Morgan fingerprint density at radius 2 is 1.80 bits per heavy atom. The van der Waals surface area contributed by atoms with Crippen LogP contribution in [-0.4, -0.2) is 20.5 Å². The summed E-state index contributed by atoms with van der Waals surface area (Å²) in [6.45, 7) is 0. The van der Waals surface area contributed by atoms with E-state index in [2.05, 4.69) is 40.5 Å². The first-order valence-corrected chi connectivity index (χ1v) is 10.2. The van der Waals surface area contributed by atoms with E-state index in [9.17, 15) is 0 Å². The zero-order valence-corrected chi connectivity index (χ0v) is 16.0. The number of thiophene rings is 1. The summed E-state index contributed by atoms with van der Waals surface area (Å²) in [4.78, 5) is 0.979. The third-order valence-electron chi connectivity index (χ3n) is 4.04. The lowest BCUT2D eigenvalue weighted by Crippen LogP contribution is -1.95. The van der Waals surface area contributed by atoms with Gasteiger partial charge in [0.2, 0.25) is 0 Å². The van der Waals surface area contributed by atoms with Gasteiger partial charge in [0.25, 0.3) is 0 Å². The van der Waals surface area contributed by atoms with Crippen molar-refractivity contribution in [3.63, 3.8) is 0 Å². The van der Waals surface area contributed by atoms with Crippen LogP contribution in [0.15, 0.2) is 59.8 Å². The Hall–Kier alpha value is -1.82. The van der Waals surface area contributed by atoms with Gasteiger partial charge in [0.05, 0.1) is 9.90 Å². The van der Waals surface area contributed by atoms with Gasteiger partial charge in [-0.15, -0.1) is 21.5 Å². The van der Waals surface area contributed by atoms with Gasteiger partial charge in [0, 0.05) is 22.9 Å². The zero-order chi connectivity index (χ0) is 17.2. The minimum atomic E-state index is 0.761. The predicted octanol–water partition coefficient (Wildman–Crippen LogP) is 5.69. The Kier molecular flexibility index (Phi) is 4.79. The quantitative estimate of drug-likeness (QED) is 0.414. The van der Waals surface area contributed by atoms with E-state index in [4.69, 9.17) is 11.6 Å². The molecule has 0 amide bonds. The van der Waals surface area contributed by atoms with Crippen molar-refractivity contribution in [2.75, 3.05) is 5.75 Å². The topological polar surface area (TPSA) is 30.7 Å². The monoisotopic (exact) mass is 385 g/mol. The van der Waals surface area contributed by atoms with Crippen molar-refractivity contribution in [1.82, 2.24) is 14.8 Å². The highest BCUT2D eigenvalue weighted by Crippen LogP contribution is 2.41. The fraction of sp³-hybridized carbons (Fsp3) is 0.158. The van der Waals surface area contributed by atoms with Gasteiger partial charge < -0.3 is 4.57 Å². The van der Waals surface area contributed by atoms with Crippen molar-refractivity contribution >= 4 is 44.8 Å². The lowest BCUT2D eigenvalue weighted by atomic mass is 10.2. The number of benzene rings is 2. The first-order valence-electron chi connectivity index (χ1n) is 7.97. The molecule has 0 saturated carbocycles. The lowest BCUT2D eigenvalue weighted by Gasteiger charge is -2.03. The van der Waals surface area contributed by atoms with E-state index < -0.39 is 0 Å². The van der Waals surface area contributed by atoms with Crippen LogP contribution in [0.5, 0.6) is 0 Å². The Morgan fingerprint density at radius 3 is 2.60 bits per heavy atom. The second kappa shape index (κ2) is 7.20. The summed E-state index contributed by atoms with van der Waals surface area (Å²) in [5, 5.41) is 11.5. The van der Waals surface area contributed by atoms with Gasteiger partial charge in [-0.1, -0.05) is 71.9 Å². The van der Waals surface area contributed by atoms with Crippen LogP contribution in [0.3, 0.4) is 0 Å². The molecule has 0 radical (unpaired) electrons. The van der Waals surface area contributed by atoms with Gasteiger partial charge in [-0.2, -0.15) is 0 Å². The molecule has 3 nitrogen and oxygen atoms in total. The average molecular weight is 386 g/mol. The number of nitrogens with zero attached hydrogens (tertiary/aromatic N) is 3. The SMILES string of the molecule is Cn1c(SCCc2ccccc2)nnc1-c1sc2ccccc2c1Cl. The van der Waals surface area contributed by atoms with Crippen LogP contribution in [0.1, 0.15) is 5.56 Å². The van der Waals surface area contributed by atoms with Crippen LogP contribution in [0, 0.1) is 0 Å². The molecule has 0 aliphatic heterocycles. The van der Waals surface area contributed by atoms with Crippen molar-refractivity contribution in [2.24, 2.45) is 7.05 Å². The maximum Gasteiger partial charge on any atom is 0.191 e. The molecule has 0 saturated heterocycles. The summed E-state index contributed by atoms with van der Waals surface area (Å²) in [5.41, 5.74) is 1.34. The molecule has 0 fully saturated rings. The maximum atomic E-state index is 6.58. The van der Waals surface area contributed by atoms with Gasteiger partial charge in [0.15, 0.2) is 11.0 Å². The van der Waals surface area contributed by atoms with Crippen LogP contribution >= 0.6 is 34.7 Å². The minimum absolute atomic E-state index is 0.761. The largest absolute Gasteiger partial charge is 0.304 e. The van der Waals surface area contributed by atoms with Crippen LogP contribution in [-0.2, 0) is 13.5 Å². The molecule has 25 heavy (non-hydrogen) atoms. The van der Waals surface area contributed by atoms with Crippen molar-refractivity contribution in [2.45, 2.75) is 11.6 Å². The highest BCUT2D eigenvalue weighted by Gasteiger charge is 2.18. The summed E-state index contributed by atoms with van der Waals surface area (Å²) < 4.78 is 3.20. The second-order valence-corrected chi connectivity index (χ2v) is 8.18. The van der Waals surface area contributed by atoms with Crippen LogP contribution in [0.4, 0.5) is 0 Å². The normalized spacial score (nSPS) is 11.3. The summed E-state index contributed by atoms with van der Waals surface area (Å²) in [5.74, 6) is 1.80. The maximum absolute atomic E-state index is 6.58. The summed E-state index contributed by atoms with van der Waals surface area (Å²) in [6.07, 6.45) is 1.01. The first kappa shape index (κ1) is 16.6. The van der Waals surface area contributed by atoms with Gasteiger partial charge in [-0.05, 0) is 18.1 Å². The van der Waals surface area contributed by atoms with Gasteiger partial charge in [0.1, 0.15) is 0 Å². The number of fused-ring (bicyclic) bond motifs is 1. The third-order valence-corrected chi connectivity index (χ3v) is 6.73. The fourth-order valence-corrected chi connectivity index (χ4v) is 5.14. The number of hydrogen-bond acceptors (Lipinski definition) is 4. The molecule has 2 heterocycles. The molecule has 0 unspecified atom stereocenters. The van der Waals surface area contributed by atoms with Crippen molar-refractivity contribution < 1.29 is 0 Å². The molecule has 126 valence electrons. The number of hydrogen-bond donors (Lipinski definition) is 0. The van der Waals surface area contributed by atoms with Crippen LogP contribution in [0.25, 0.3) is 20.8 Å². The summed E-state index contributed by atoms with van der Waals surface area (Å²) in [6, 6.07) is 18.7. The summed E-state index contributed by atoms with van der Waals surface area (Å²) >= 11 is 9.96. The van der Waals surface area contributed by atoms with Gasteiger partial charge in [-0.3, -0.25) is 0 Å². The van der Waals surface area contributed by atoms with Gasteiger partial charge >= 0.3 is 0 Å². The highest BCUT2D eigenvalue weighted by atomic mass is 35.5. The molecule has 0 aliphatic carbocycles. The van der Waals surface area contributed by atoms with E-state index in [1.165, 1.54) is 10.3 Å². The number of rotatable bonds is 5. The molecule has 0 spiro atoms. The number of aryl methyl sites for hydroxylation is 1. The molecule has 0 bridgehead atoms. The third kappa shape index (κ3) is 3.32. The standard InChI is InChI=1S/C19H16ClN3S2/c1-23-18(17-16(20)14-9-5-6-10-15(14)25-17)21-22-19(23)24-12-11-13-7-3-2-4-8-13/h2-10H,11-12H2,1H3. The molecule has 0 N–H and O–H groups in total.